The van der Waals surface area contributed by atoms with E-state index in [1.807, 2.05) is 13.8 Å². The summed E-state index contributed by atoms with van der Waals surface area (Å²) in [4.78, 5) is 28.4. The van der Waals surface area contributed by atoms with Crippen molar-refractivity contribution >= 4 is 17.8 Å². The SMILES string of the molecule is C#CC(C)N1C(=O)N=C(N)C1CC(=O)NC(C)C. The van der Waals surface area contributed by atoms with Gasteiger partial charge in [-0.05, 0) is 20.8 Å². The van der Waals surface area contributed by atoms with Gasteiger partial charge in [-0.25, -0.2) is 4.79 Å². The van der Waals surface area contributed by atoms with Crippen LogP contribution in [0.15, 0.2) is 4.99 Å². The fourth-order valence-electron chi connectivity index (χ4n) is 1.79. The van der Waals surface area contributed by atoms with E-state index in [0.717, 1.165) is 0 Å². The third kappa shape index (κ3) is 3.00. The minimum absolute atomic E-state index is 0.0336. The van der Waals surface area contributed by atoms with Crippen molar-refractivity contribution in [2.24, 2.45) is 10.7 Å². The third-order valence-corrected chi connectivity index (χ3v) is 2.61. The van der Waals surface area contributed by atoms with Crippen LogP contribution in [0.5, 0.6) is 0 Å². The highest BCUT2D eigenvalue weighted by atomic mass is 16.2. The van der Waals surface area contributed by atoms with Gasteiger partial charge in [0.05, 0.1) is 12.5 Å². The Kier molecular flexibility index (Phi) is 4.32. The highest BCUT2D eigenvalue weighted by Crippen LogP contribution is 2.17. The molecule has 0 aliphatic carbocycles. The monoisotopic (exact) mass is 250 g/mol. The fraction of sp³-hybridized carbons (Fsp3) is 0.583. The van der Waals surface area contributed by atoms with Gasteiger partial charge < -0.3 is 11.1 Å². The lowest BCUT2D eigenvalue weighted by Crippen LogP contribution is -2.48. The molecule has 1 aliphatic heterocycles. The van der Waals surface area contributed by atoms with Crippen molar-refractivity contribution in [1.29, 1.82) is 0 Å². The third-order valence-electron chi connectivity index (χ3n) is 2.61. The Morgan fingerprint density at radius 1 is 1.61 bits per heavy atom. The molecule has 1 heterocycles. The molecule has 0 radical (unpaired) electrons. The molecule has 0 saturated heterocycles. The number of urea groups is 1. The van der Waals surface area contributed by atoms with Crippen molar-refractivity contribution in [2.45, 2.75) is 45.3 Å². The summed E-state index contributed by atoms with van der Waals surface area (Å²) in [6, 6.07) is -1.45. The Morgan fingerprint density at radius 2 is 2.22 bits per heavy atom. The number of terminal acetylenes is 1. The van der Waals surface area contributed by atoms with Crippen molar-refractivity contribution < 1.29 is 9.59 Å². The molecule has 2 atom stereocenters. The van der Waals surface area contributed by atoms with Crippen molar-refractivity contribution in [3.63, 3.8) is 0 Å². The van der Waals surface area contributed by atoms with Crippen molar-refractivity contribution in [3.05, 3.63) is 0 Å². The quantitative estimate of drug-likeness (QED) is 0.693. The first kappa shape index (κ1) is 14.0. The molecule has 2 unspecified atom stereocenters. The van der Waals surface area contributed by atoms with Crippen LogP contribution in [0.4, 0.5) is 4.79 Å². The van der Waals surface area contributed by atoms with Gasteiger partial charge in [-0.15, -0.1) is 6.42 Å². The summed E-state index contributed by atoms with van der Waals surface area (Å²) in [5, 5.41) is 2.74. The van der Waals surface area contributed by atoms with Gasteiger partial charge in [0.15, 0.2) is 0 Å². The van der Waals surface area contributed by atoms with Gasteiger partial charge in [-0.2, -0.15) is 4.99 Å². The van der Waals surface area contributed by atoms with Crippen LogP contribution in [0, 0.1) is 12.3 Å². The number of rotatable bonds is 4. The van der Waals surface area contributed by atoms with E-state index in [-0.39, 0.29) is 24.2 Å². The molecule has 0 spiro atoms. The number of nitrogens with two attached hydrogens (primary N) is 1. The van der Waals surface area contributed by atoms with E-state index in [0.29, 0.717) is 0 Å². The van der Waals surface area contributed by atoms with Crippen molar-refractivity contribution in [3.8, 4) is 12.3 Å². The second kappa shape index (κ2) is 5.54. The molecule has 3 N–H and O–H groups in total. The highest BCUT2D eigenvalue weighted by Gasteiger charge is 2.37. The summed E-state index contributed by atoms with van der Waals surface area (Å²) >= 11 is 0. The average molecular weight is 250 g/mol. The normalized spacial score (nSPS) is 20.6. The van der Waals surface area contributed by atoms with E-state index in [4.69, 9.17) is 12.2 Å². The van der Waals surface area contributed by atoms with Crippen molar-refractivity contribution in [1.82, 2.24) is 10.2 Å². The van der Waals surface area contributed by atoms with Crippen LogP contribution in [0.25, 0.3) is 0 Å². The summed E-state index contributed by atoms with van der Waals surface area (Å²) in [6.45, 7) is 5.41. The van der Waals surface area contributed by atoms with Crippen LogP contribution in [-0.2, 0) is 4.79 Å². The van der Waals surface area contributed by atoms with Crippen LogP contribution in [0.1, 0.15) is 27.2 Å². The topological polar surface area (TPSA) is 87.8 Å². The molecule has 98 valence electrons. The number of nitrogens with zero attached hydrogens (tertiary/aromatic N) is 2. The number of carbonyl (C=O) groups excluding carboxylic acids is 2. The summed E-state index contributed by atoms with van der Waals surface area (Å²) < 4.78 is 0. The zero-order valence-electron chi connectivity index (χ0n) is 10.8. The van der Waals surface area contributed by atoms with Crippen LogP contribution in [0.2, 0.25) is 0 Å². The molecule has 3 amide bonds. The maximum atomic E-state index is 11.7. The summed E-state index contributed by atoms with van der Waals surface area (Å²) in [5.74, 6) is 2.40. The molecular weight excluding hydrogens is 232 g/mol. The maximum Gasteiger partial charge on any atom is 0.346 e. The van der Waals surface area contributed by atoms with E-state index in [1.54, 1.807) is 6.92 Å². The molecule has 6 heteroatoms. The minimum Gasteiger partial charge on any atom is -0.385 e. The fourth-order valence-corrected chi connectivity index (χ4v) is 1.79. The lowest BCUT2D eigenvalue weighted by atomic mass is 10.1. The maximum absolute atomic E-state index is 11.7. The standard InChI is InChI=1S/C12H18N4O2/c1-5-8(4)16-9(11(13)15-12(16)18)6-10(17)14-7(2)3/h1,7-9H,6H2,2-4H3,(H,14,17)(H2,13,15,18). The zero-order valence-corrected chi connectivity index (χ0v) is 10.8. The largest absolute Gasteiger partial charge is 0.385 e. The first-order chi connectivity index (χ1) is 8.36. The van der Waals surface area contributed by atoms with Gasteiger partial charge >= 0.3 is 6.03 Å². The lowest BCUT2D eigenvalue weighted by molar-refractivity contribution is -0.122. The number of amides is 3. The van der Waals surface area contributed by atoms with Gasteiger partial charge in [0.25, 0.3) is 0 Å². The number of aliphatic imine (C=N–C) groups is 1. The van der Waals surface area contributed by atoms with Gasteiger partial charge in [0.2, 0.25) is 5.91 Å². The number of carbonyl (C=O) groups is 2. The number of amidine groups is 1. The Hall–Kier alpha value is -2.03. The molecule has 0 bridgehead atoms. The first-order valence-electron chi connectivity index (χ1n) is 5.78. The van der Waals surface area contributed by atoms with E-state index in [2.05, 4.69) is 16.2 Å². The summed E-state index contributed by atoms with van der Waals surface area (Å²) in [6.07, 6.45) is 5.37. The summed E-state index contributed by atoms with van der Waals surface area (Å²) in [7, 11) is 0. The van der Waals surface area contributed by atoms with Crippen molar-refractivity contribution in [2.75, 3.05) is 0 Å². The predicted octanol–water partition coefficient (Wildman–Crippen LogP) is 0.0842. The van der Waals surface area contributed by atoms with Gasteiger partial charge in [-0.3, -0.25) is 9.69 Å². The van der Waals surface area contributed by atoms with Gasteiger partial charge in [0, 0.05) is 6.04 Å². The molecule has 6 nitrogen and oxygen atoms in total. The van der Waals surface area contributed by atoms with E-state index >= 15 is 0 Å². The smallest absolute Gasteiger partial charge is 0.346 e. The Balaban J connectivity index is 2.78. The van der Waals surface area contributed by atoms with E-state index < -0.39 is 18.1 Å². The second-order valence-electron chi connectivity index (χ2n) is 4.51. The van der Waals surface area contributed by atoms with Gasteiger partial charge in [0.1, 0.15) is 11.9 Å². The number of hydrogen-bond acceptors (Lipinski definition) is 3. The first-order valence-corrected chi connectivity index (χ1v) is 5.78. The average Bonchev–Trinajstić information content (AvgIpc) is 2.52. The Bertz CT molecular complexity index is 422. The highest BCUT2D eigenvalue weighted by molar-refractivity contribution is 6.04. The van der Waals surface area contributed by atoms with Crippen LogP contribution >= 0.6 is 0 Å². The van der Waals surface area contributed by atoms with E-state index in [9.17, 15) is 9.59 Å². The van der Waals surface area contributed by atoms with Crippen LogP contribution < -0.4 is 11.1 Å². The number of hydrogen-bond donors (Lipinski definition) is 2. The second-order valence-corrected chi connectivity index (χ2v) is 4.51. The molecule has 0 saturated carbocycles. The number of nitrogens with one attached hydrogen (secondary N) is 1. The Labute approximate surface area is 107 Å². The molecular formula is C12H18N4O2. The molecule has 0 aromatic rings. The molecule has 0 fully saturated rings. The molecule has 1 aliphatic rings. The van der Waals surface area contributed by atoms with Crippen LogP contribution in [0.3, 0.4) is 0 Å². The summed E-state index contributed by atoms with van der Waals surface area (Å²) in [5.41, 5.74) is 5.67. The van der Waals surface area contributed by atoms with Crippen LogP contribution in [-0.4, -0.2) is 40.8 Å². The van der Waals surface area contributed by atoms with E-state index in [1.165, 1.54) is 4.90 Å². The molecule has 1 rings (SSSR count). The lowest BCUT2D eigenvalue weighted by Gasteiger charge is -2.26. The molecule has 0 aromatic heterocycles. The Morgan fingerprint density at radius 3 is 2.72 bits per heavy atom. The minimum atomic E-state index is -0.553. The predicted molar refractivity (Wildman–Crippen MR) is 68.8 cm³/mol. The molecule has 0 aromatic carbocycles. The molecule has 18 heavy (non-hydrogen) atoms. The zero-order chi connectivity index (χ0) is 13.9. The van der Waals surface area contributed by atoms with Gasteiger partial charge in [-0.1, -0.05) is 5.92 Å².